The highest BCUT2D eigenvalue weighted by molar-refractivity contribution is 14.1. The molecule has 112 valence electrons. The van der Waals surface area contributed by atoms with Gasteiger partial charge in [0.15, 0.2) is 6.10 Å². The number of nitro groups is 1. The number of nitrogens with two attached hydrogens (primary N) is 1. The fourth-order valence-electron chi connectivity index (χ4n) is 1.97. The molecule has 2 amide bonds. The van der Waals surface area contributed by atoms with Crippen LogP contribution >= 0.6 is 22.6 Å². The molecule has 0 aliphatic carbocycles. The van der Waals surface area contributed by atoms with Crippen molar-refractivity contribution in [1.29, 1.82) is 0 Å². The maximum absolute atomic E-state index is 12.5. The first kappa shape index (κ1) is 15.6. The summed E-state index contributed by atoms with van der Waals surface area (Å²) in [6, 6.07) is 4.08. The number of nitro benzene ring substituents is 1. The Morgan fingerprint density at radius 3 is 2.81 bits per heavy atom. The van der Waals surface area contributed by atoms with E-state index in [0.717, 1.165) is 0 Å². The van der Waals surface area contributed by atoms with Crippen molar-refractivity contribution in [1.82, 2.24) is 4.90 Å². The van der Waals surface area contributed by atoms with E-state index in [4.69, 9.17) is 10.5 Å². The maximum Gasteiger partial charge on any atom is 0.270 e. The molecule has 1 aromatic rings. The number of halogens is 1. The largest absolute Gasteiger partial charge is 0.367 e. The van der Waals surface area contributed by atoms with Gasteiger partial charge in [-0.15, -0.1) is 0 Å². The van der Waals surface area contributed by atoms with Gasteiger partial charge in [0.05, 0.1) is 23.6 Å². The molecule has 1 saturated heterocycles. The number of ether oxygens (including phenoxy) is 1. The summed E-state index contributed by atoms with van der Waals surface area (Å²) in [4.78, 5) is 35.3. The molecule has 0 spiro atoms. The first-order valence-corrected chi connectivity index (χ1v) is 7.12. The van der Waals surface area contributed by atoms with Crippen molar-refractivity contribution in [2.24, 2.45) is 5.73 Å². The van der Waals surface area contributed by atoms with Crippen LogP contribution in [0.25, 0.3) is 0 Å². The van der Waals surface area contributed by atoms with Gasteiger partial charge in [0, 0.05) is 22.2 Å². The molecule has 1 aromatic carbocycles. The van der Waals surface area contributed by atoms with Gasteiger partial charge in [-0.1, -0.05) is 0 Å². The zero-order chi connectivity index (χ0) is 15.6. The van der Waals surface area contributed by atoms with Crippen molar-refractivity contribution in [3.8, 4) is 0 Å². The number of rotatable bonds is 3. The van der Waals surface area contributed by atoms with E-state index in [1.54, 1.807) is 0 Å². The third-order valence-corrected chi connectivity index (χ3v) is 4.00. The van der Waals surface area contributed by atoms with Crippen molar-refractivity contribution in [2.75, 3.05) is 19.7 Å². The van der Waals surface area contributed by atoms with Gasteiger partial charge in [-0.2, -0.15) is 0 Å². The Morgan fingerprint density at radius 2 is 2.19 bits per heavy atom. The van der Waals surface area contributed by atoms with Crippen molar-refractivity contribution in [3.05, 3.63) is 37.4 Å². The third kappa shape index (κ3) is 3.47. The second-order valence-corrected chi connectivity index (χ2v) is 5.60. The predicted molar refractivity (Wildman–Crippen MR) is 80.7 cm³/mol. The molecule has 1 fully saturated rings. The molecule has 1 aliphatic rings. The van der Waals surface area contributed by atoms with Gasteiger partial charge >= 0.3 is 0 Å². The van der Waals surface area contributed by atoms with Crippen molar-refractivity contribution >= 4 is 40.1 Å². The molecule has 1 aliphatic heterocycles. The smallest absolute Gasteiger partial charge is 0.270 e. The molecule has 1 atom stereocenters. The Morgan fingerprint density at radius 1 is 1.48 bits per heavy atom. The molecule has 1 unspecified atom stereocenters. The topological polar surface area (TPSA) is 116 Å². The molecule has 0 bridgehead atoms. The standard InChI is InChI=1S/C12H12IN3O5/c13-9-2-1-7(16(19)20)5-8(9)12(18)15-3-4-21-10(6-15)11(14)17/h1-2,5,10H,3-4,6H2,(H2,14,17). The van der Waals surface area contributed by atoms with Crippen LogP contribution in [0.2, 0.25) is 0 Å². The van der Waals surface area contributed by atoms with Gasteiger partial charge in [-0.05, 0) is 28.7 Å². The highest BCUT2D eigenvalue weighted by atomic mass is 127. The number of nitrogens with zero attached hydrogens (tertiary/aromatic N) is 2. The average Bonchev–Trinajstić information content (AvgIpc) is 2.47. The van der Waals surface area contributed by atoms with Crippen LogP contribution in [0.4, 0.5) is 5.69 Å². The molecular weight excluding hydrogens is 393 g/mol. The lowest BCUT2D eigenvalue weighted by Gasteiger charge is -2.31. The number of morpholine rings is 1. The van der Waals surface area contributed by atoms with Crippen LogP contribution in [0.5, 0.6) is 0 Å². The minimum atomic E-state index is -0.848. The van der Waals surface area contributed by atoms with Gasteiger partial charge in [-0.25, -0.2) is 0 Å². The Labute approximate surface area is 133 Å². The number of non-ortho nitro benzene ring substituents is 1. The Balaban J connectivity index is 2.25. The maximum atomic E-state index is 12.5. The van der Waals surface area contributed by atoms with Crippen LogP contribution in [0.15, 0.2) is 18.2 Å². The van der Waals surface area contributed by atoms with Gasteiger partial charge in [-0.3, -0.25) is 19.7 Å². The SMILES string of the molecule is NC(=O)C1CN(C(=O)c2cc([N+](=O)[O-])ccc2I)CCO1. The number of primary amides is 1. The highest BCUT2D eigenvalue weighted by Crippen LogP contribution is 2.22. The zero-order valence-electron chi connectivity index (χ0n) is 10.8. The van der Waals surface area contributed by atoms with E-state index in [-0.39, 0.29) is 30.3 Å². The van der Waals surface area contributed by atoms with E-state index >= 15 is 0 Å². The number of hydrogen-bond acceptors (Lipinski definition) is 5. The summed E-state index contributed by atoms with van der Waals surface area (Å²) in [6.45, 7) is 0.555. The van der Waals surface area contributed by atoms with Crippen LogP contribution in [-0.4, -0.2) is 47.4 Å². The summed E-state index contributed by atoms with van der Waals surface area (Å²) in [6.07, 6.45) is -0.848. The molecule has 9 heteroatoms. The third-order valence-electron chi connectivity index (χ3n) is 3.06. The number of hydrogen-bond donors (Lipinski definition) is 1. The summed E-state index contributed by atoms with van der Waals surface area (Å²) in [5, 5.41) is 10.8. The molecule has 2 rings (SSSR count). The van der Waals surface area contributed by atoms with Gasteiger partial charge in [0.25, 0.3) is 11.6 Å². The first-order chi connectivity index (χ1) is 9.90. The summed E-state index contributed by atoms with van der Waals surface area (Å²) >= 11 is 1.94. The predicted octanol–water partition coefficient (Wildman–Crippen LogP) is 0.526. The quantitative estimate of drug-likeness (QED) is 0.448. The number of carbonyl (C=O) groups is 2. The molecule has 21 heavy (non-hydrogen) atoms. The van der Waals surface area contributed by atoms with E-state index in [1.165, 1.54) is 23.1 Å². The van der Waals surface area contributed by atoms with Gasteiger partial charge < -0.3 is 15.4 Å². The summed E-state index contributed by atoms with van der Waals surface area (Å²) in [5.74, 6) is -1.01. The Kier molecular flexibility index (Phi) is 4.73. The van der Waals surface area contributed by atoms with E-state index in [1.807, 2.05) is 22.6 Å². The second-order valence-electron chi connectivity index (χ2n) is 4.43. The first-order valence-electron chi connectivity index (χ1n) is 6.04. The number of carbonyl (C=O) groups excluding carboxylic acids is 2. The lowest BCUT2D eigenvalue weighted by Crippen LogP contribution is -2.50. The van der Waals surface area contributed by atoms with E-state index in [0.29, 0.717) is 10.1 Å². The number of benzene rings is 1. The van der Waals surface area contributed by atoms with Crippen LogP contribution < -0.4 is 5.73 Å². The lowest BCUT2D eigenvalue weighted by atomic mass is 10.1. The van der Waals surface area contributed by atoms with Crippen LogP contribution in [0, 0.1) is 13.7 Å². The molecule has 0 radical (unpaired) electrons. The summed E-state index contributed by atoms with van der Waals surface area (Å²) in [7, 11) is 0. The van der Waals surface area contributed by atoms with Gasteiger partial charge in [0.2, 0.25) is 5.91 Å². The fourth-order valence-corrected chi connectivity index (χ4v) is 2.53. The van der Waals surface area contributed by atoms with Crippen molar-refractivity contribution in [3.63, 3.8) is 0 Å². The van der Waals surface area contributed by atoms with Crippen molar-refractivity contribution in [2.45, 2.75) is 6.10 Å². The normalized spacial score (nSPS) is 18.3. The molecule has 2 N–H and O–H groups in total. The monoisotopic (exact) mass is 405 g/mol. The number of amides is 2. The van der Waals surface area contributed by atoms with Crippen LogP contribution in [-0.2, 0) is 9.53 Å². The van der Waals surface area contributed by atoms with Crippen molar-refractivity contribution < 1.29 is 19.2 Å². The van der Waals surface area contributed by atoms with Crippen LogP contribution in [0.3, 0.4) is 0 Å². The molecule has 0 aromatic heterocycles. The summed E-state index contributed by atoms with van der Waals surface area (Å²) in [5.41, 5.74) is 5.25. The Bertz CT molecular complexity index is 607. The lowest BCUT2D eigenvalue weighted by molar-refractivity contribution is -0.384. The zero-order valence-corrected chi connectivity index (χ0v) is 13.0. The van der Waals surface area contributed by atoms with E-state index in [2.05, 4.69) is 0 Å². The molecule has 0 saturated carbocycles. The van der Waals surface area contributed by atoms with E-state index in [9.17, 15) is 19.7 Å². The van der Waals surface area contributed by atoms with Crippen LogP contribution in [0.1, 0.15) is 10.4 Å². The van der Waals surface area contributed by atoms with E-state index < -0.39 is 16.9 Å². The molecule has 1 heterocycles. The molecular formula is C12H12IN3O5. The van der Waals surface area contributed by atoms with Gasteiger partial charge in [0.1, 0.15) is 0 Å². The average molecular weight is 405 g/mol. The Hall–Kier alpha value is -1.75. The highest BCUT2D eigenvalue weighted by Gasteiger charge is 2.29. The second kappa shape index (κ2) is 6.35. The minimum Gasteiger partial charge on any atom is -0.367 e. The molecule has 8 nitrogen and oxygen atoms in total. The fraction of sp³-hybridized carbons (Fsp3) is 0.333. The minimum absolute atomic E-state index is 0.0486. The summed E-state index contributed by atoms with van der Waals surface area (Å²) < 4.78 is 5.77.